The van der Waals surface area contributed by atoms with Crippen molar-refractivity contribution in [3.8, 4) is 11.3 Å². The van der Waals surface area contributed by atoms with E-state index in [-0.39, 0.29) is 17.5 Å². The number of amides is 1. The molecule has 0 radical (unpaired) electrons. The number of rotatable bonds is 5. The van der Waals surface area contributed by atoms with Gasteiger partial charge in [-0.3, -0.25) is 14.6 Å². The van der Waals surface area contributed by atoms with E-state index in [1.54, 1.807) is 29.4 Å². The van der Waals surface area contributed by atoms with E-state index in [0.29, 0.717) is 18.8 Å². The SMILES string of the molecule is O=C(CSc1ccncc1)N1CC(n2nc(-c3ccccc3)ccc2=O)C1. The van der Waals surface area contributed by atoms with Crippen LogP contribution in [-0.2, 0) is 4.79 Å². The van der Waals surface area contributed by atoms with Crippen LogP contribution in [-0.4, -0.2) is 44.4 Å². The molecular weight excluding hydrogens is 360 g/mol. The van der Waals surface area contributed by atoms with Crippen LogP contribution in [0.5, 0.6) is 0 Å². The third kappa shape index (κ3) is 3.93. The maximum atomic E-state index is 12.3. The number of hydrogen-bond donors (Lipinski definition) is 0. The summed E-state index contributed by atoms with van der Waals surface area (Å²) in [4.78, 5) is 31.3. The average molecular weight is 378 g/mol. The van der Waals surface area contributed by atoms with Crippen molar-refractivity contribution in [1.82, 2.24) is 19.7 Å². The van der Waals surface area contributed by atoms with E-state index in [0.717, 1.165) is 16.2 Å². The molecule has 0 bridgehead atoms. The lowest BCUT2D eigenvalue weighted by Crippen LogP contribution is -2.53. The highest BCUT2D eigenvalue weighted by Crippen LogP contribution is 2.23. The smallest absolute Gasteiger partial charge is 0.267 e. The molecule has 0 N–H and O–H groups in total. The zero-order valence-corrected chi connectivity index (χ0v) is 15.4. The second-order valence-electron chi connectivity index (χ2n) is 6.29. The second-order valence-corrected chi connectivity index (χ2v) is 7.34. The first-order valence-corrected chi connectivity index (χ1v) is 9.65. The molecule has 1 aliphatic rings. The summed E-state index contributed by atoms with van der Waals surface area (Å²) in [5, 5.41) is 4.51. The molecule has 1 saturated heterocycles. The molecule has 136 valence electrons. The van der Waals surface area contributed by atoms with E-state index < -0.39 is 0 Å². The van der Waals surface area contributed by atoms with Crippen LogP contribution in [0.4, 0.5) is 0 Å². The summed E-state index contributed by atoms with van der Waals surface area (Å²) in [7, 11) is 0. The number of pyridine rings is 1. The van der Waals surface area contributed by atoms with Gasteiger partial charge in [0.05, 0.1) is 17.5 Å². The molecule has 3 aromatic rings. The Morgan fingerprint density at radius 1 is 1.04 bits per heavy atom. The zero-order chi connectivity index (χ0) is 18.6. The minimum Gasteiger partial charge on any atom is -0.338 e. The topological polar surface area (TPSA) is 68.1 Å². The third-order valence-corrected chi connectivity index (χ3v) is 5.46. The summed E-state index contributed by atoms with van der Waals surface area (Å²) in [6.45, 7) is 1.03. The summed E-state index contributed by atoms with van der Waals surface area (Å²) in [6.07, 6.45) is 3.43. The maximum absolute atomic E-state index is 12.3. The highest BCUT2D eigenvalue weighted by atomic mass is 32.2. The fraction of sp³-hybridized carbons (Fsp3) is 0.200. The van der Waals surface area contributed by atoms with Gasteiger partial charge in [-0.1, -0.05) is 30.3 Å². The number of benzene rings is 1. The first kappa shape index (κ1) is 17.5. The van der Waals surface area contributed by atoms with Crippen LogP contribution in [0.15, 0.2) is 76.7 Å². The summed E-state index contributed by atoms with van der Waals surface area (Å²) >= 11 is 1.49. The van der Waals surface area contributed by atoms with Crippen molar-refractivity contribution < 1.29 is 4.79 Å². The third-order valence-electron chi connectivity index (χ3n) is 4.47. The fourth-order valence-electron chi connectivity index (χ4n) is 2.93. The Morgan fingerprint density at radius 2 is 1.78 bits per heavy atom. The Balaban J connectivity index is 1.39. The van der Waals surface area contributed by atoms with Crippen molar-refractivity contribution in [1.29, 1.82) is 0 Å². The van der Waals surface area contributed by atoms with Gasteiger partial charge >= 0.3 is 0 Å². The second kappa shape index (κ2) is 7.75. The normalized spacial score (nSPS) is 14.0. The standard InChI is InChI=1S/C20H18N4O2S/c25-19-7-6-18(15-4-2-1-3-5-15)22-24(19)16-12-23(13-16)20(26)14-27-17-8-10-21-11-9-17/h1-11,16H,12-14H2. The monoisotopic (exact) mass is 378 g/mol. The van der Waals surface area contributed by atoms with Gasteiger partial charge in [0, 0.05) is 42.0 Å². The Bertz CT molecular complexity index is 986. The molecule has 2 aromatic heterocycles. The Hall–Kier alpha value is -2.93. The van der Waals surface area contributed by atoms with Gasteiger partial charge in [0.15, 0.2) is 0 Å². The predicted octanol–water partition coefficient (Wildman–Crippen LogP) is 2.48. The maximum Gasteiger partial charge on any atom is 0.267 e. The number of carbonyl (C=O) groups is 1. The molecule has 6 nitrogen and oxygen atoms in total. The number of hydrogen-bond acceptors (Lipinski definition) is 5. The first-order chi connectivity index (χ1) is 13.2. The molecule has 1 aliphatic heterocycles. The van der Waals surface area contributed by atoms with Crippen molar-refractivity contribution in [2.75, 3.05) is 18.8 Å². The molecule has 1 fully saturated rings. The number of thioether (sulfide) groups is 1. The molecule has 4 rings (SSSR count). The molecule has 0 unspecified atom stereocenters. The molecule has 1 aromatic carbocycles. The van der Waals surface area contributed by atoms with E-state index in [9.17, 15) is 9.59 Å². The Kier molecular flexibility index (Phi) is 5.02. The Morgan fingerprint density at radius 3 is 2.52 bits per heavy atom. The molecule has 1 amide bonds. The van der Waals surface area contributed by atoms with Gasteiger partial charge in [-0.15, -0.1) is 11.8 Å². The molecule has 0 spiro atoms. The lowest BCUT2D eigenvalue weighted by atomic mass is 10.1. The van der Waals surface area contributed by atoms with Crippen molar-refractivity contribution in [2.45, 2.75) is 10.9 Å². The van der Waals surface area contributed by atoms with Gasteiger partial charge in [-0.25, -0.2) is 4.68 Å². The highest BCUT2D eigenvalue weighted by Gasteiger charge is 2.33. The average Bonchev–Trinajstić information content (AvgIpc) is 2.68. The highest BCUT2D eigenvalue weighted by molar-refractivity contribution is 8.00. The predicted molar refractivity (Wildman–Crippen MR) is 105 cm³/mol. The van der Waals surface area contributed by atoms with Crippen molar-refractivity contribution >= 4 is 17.7 Å². The minimum atomic E-state index is -0.141. The quantitative estimate of drug-likeness (QED) is 0.638. The zero-order valence-electron chi connectivity index (χ0n) is 14.6. The van der Waals surface area contributed by atoms with Gasteiger partial charge in [0.2, 0.25) is 5.91 Å². The molecule has 27 heavy (non-hydrogen) atoms. The molecule has 0 saturated carbocycles. The van der Waals surface area contributed by atoms with E-state index in [4.69, 9.17) is 0 Å². The van der Waals surface area contributed by atoms with Crippen LogP contribution in [0.2, 0.25) is 0 Å². The number of aromatic nitrogens is 3. The van der Waals surface area contributed by atoms with Crippen molar-refractivity contribution in [2.24, 2.45) is 0 Å². The van der Waals surface area contributed by atoms with Crippen molar-refractivity contribution in [3.05, 3.63) is 77.3 Å². The summed E-state index contributed by atoms with van der Waals surface area (Å²) in [5.74, 6) is 0.448. The van der Waals surface area contributed by atoms with Crippen LogP contribution < -0.4 is 5.56 Å². The van der Waals surface area contributed by atoms with Crippen LogP contribution in [0, 0.1) is 0 Å². The Labute approximate surface area is 160 Å². The largest absolute Gasteiger partial charge is 0.338 e. The number of nitrogens with zero attached hydrogens (tertiary/aromatic N) is 4. The van der Waals surface area contributed by atoms with E-state index in [1.807, 2.05) is 42.5 Å². The lowest BCUT2D eigenvalue weighted by molar-refractivity contribution is -0.134. The van der Waals surface area contributed by atoms with Crippen LogP contribution in [0.25, 0.3) is 11.3 Å². The van der Waals surface area contributed by atoms with Crippen LogP contribution in [0.1, 0.15) is 6.04 Å². The van der Waals surface area contributed by atoms with Crippen LogP contribution in [0.3, 0.4) is 0 Å². The first-order valence-electron chi connectivity index (χ1n) is 8.66. The van der Waals surface area contributed by atoms with Gasteiger partial charge < -0.3 is 4.90 Å². The van der Waals surface area contributed by atoms with Gasteiger partial charge in [0.1, 0.15) is 0 Å². The van der Waals surface area contributed by atoms with E-state index in [2.05, 4.69) is 10.1 Å². The summed E-state index contributed by atoms with van der Waals surface area (Å²) in [6, 6.07) is 16.7. The fourth-order valence-corrected chi connectivity index (χ4v) is 3.72. The molecule has 7 heteroatoms. The van der Waals surface area contributed by atoms with Crippen molar-refractivity contribution in [3.63, 3.8) is 0 Å². The summed E-state index contributed by atoms with van der Waals surface area (Å²) < 4.78 is 1.50. The summed E-state index contributed by atoms with van der Waals surface area (Å²) in [5.41, 5.74) is 1.58. The lowest BCUT2D eigenvalue weighted by Gasteiger charge is -2.39. The van der Waals surface area contributed by atoms with Gasteiger partial charge in [-0.05, 0) is 18.2 Å². The van der Waals surface area contributed by atoms with E-state index in [1.165, 1.54) is 16.4 Å². The molecule has 0 aliphatic carbocycles. The molecular formula is C20H18N4O2S. The van der Waals surface area contributed by atoms with E-state index >= 15 is 0 Å². The van der Waals surface area contributed by atoms with Gasteiger partial charge in [0.25, 0.3) is 5.56 Å². The number of carbonyl (C=O) groups excluding carboxylic acids is 1. The van der Waals surface area contributed by atoms with Crippen LogP contribution >= 0.6 is 11.8 Å². The number of likely N-dealkylation sites (tertiary alicyclic amines) is 1. The van der Waals surface area contributed by atoms with Gasteiger partial charge in [-0.2, -0.15) is 5.10 Å². The molecule has 0 atom stereocenters. The minimum absolute atomic E-state index is 0.0697. The molecule has 3 heterocycles.